The van der Waals surface area contributed by atoms with E-state index in [0.29, 0.717) is 23.5 Å². The number of benzene rings is 1. The first-order chi connectivity index (χ1) is 15.9. The maximum absolute atomic E-state index is 6.02. The zero-order chi connectivity index (χ0) is 23.0. The molecule has 0 radical (unpaired) electrons. The Balaban J connectivity index is 0.00000274. The van der Waals surface area contributed by atoms with Crippen LogP contribution in [-0.4, -0.2) is 62.9 Å². The summed E-state index contributed by atoms with van der Waals surface area (Å²) < 4.78 is 6.02. The number of piperazine rings is 1. The van der Waals surface area contributed by atoms with Crippen molar-refractivity contribution >= 4 is 23.8 Å². The third-order valence-electron chi connectivity index (χ3n) is 9.03. The number of nitrogens with zero attached hydrogens (tertiary/aromatic N) is 3. The molecular weight excluding hydrogens is 442 g/mol. The van der Waals surface area contributed by atoms with E-state index in [4.69, 9.17) is 4.74 Å². The van der Waals surface area contributed by atoms with Gasteiger partial charge in [0.15, 0.2) is 0 Å². The highest BCUT2D eigenvalue weighted by atomic mass is 35.5. The topological polar surface area (TPSA) is 19.0 Å². The van der Waals surface area contributed by atoms with Crippen molar-refractivity contribution in [1.29, 1.82) is 0 Å². The summed E-state index contributed by atoms with van der Waals surface area (Å²) in [5, 5.41) is 0. The first-order valence-electron chi connectivity index (χ1n) is 13.9. The number of anilines is 2. The van der Waals surface area contributed by atoms with Gasteiger partial charge in [-0.05, 0) is 93.4 Å². The Morgan fingerprint density at radius 2 is 1.53 bits per heavy atom. The van der Waals surface area contributed by atoms with Crippen molar-refractivity contribution in [3.63, 3.8) is 0 Å². The maximum atomic E-state index is 6.02. The molecule has 2 heterocycles. The Morgan fingerprint density at radius 3 is 2.12 bits per heavy atom. The predicted molar refractivity (Wildman–Crippen MR) is 147 cm³/mol. The second kappa shape index (κ2) is 11.0. The van der Waals surface area contributed by atoms with Crippen molar-refractivity contribution in [2.75, 3.05) is 55.6 Å². The van der Waals surface area contributed by atoms with Crippen LogP contribution in [0.4, 0.5) is 11.4 Å². The Kier molecular flexibility index (Phi) is 8.42. The highest BCUT2D eigenvalue weighted by Gasteiger charge is 2.32. The molecule has 0 amide bonds. The third-order valence-corrected chi connectivity index (χ3v) is 9.03. The largest absolute Gasteiger partial charge is 0.372 e. The van der Waals surface area contributed by atoms with E-state index in [0.717, 1.165) is 19.0 Å². The molecule has 4 nitrogen and oxygen atoms in total. The van der Waals surface area contributed by atoms with Crippen LogP contribution in [0.3, 0.4) is 0 Å². The molecule has 2 aliphatic carbocycles. The fourth-order valence-corrected chi connectivity index (χ4v) is 6.66. The summed E-state index contributed by atoms with van der Waals surface area (Å²) >= 11 is 0. The van der Waals surface area contributed by atoms with E-state index >= 15 is 0 Å². The predicted octanol–water partition coefficient (Wildman–Crippen LogP) is 6.33. The lowest BCUT2D eigenvalue weighted by molar-refractivity contribution is -0.00522. The number of ether oxygens (including phenoxy) is 1. The van der Waals surface area contributed by atoms with Gasteiger partial charge in [-0.1, -0.05) is 20.3 Å². The van der Waals surface area contributed by atoms with E-state index in [2.05, 4.69) is 60.6 Å². The molecule has 192 valence electrons. The van der Waals surface area contributed by atoms with Crippen LogP contribution in [0.25, 0.3) is 0 Å². The summed E-state index contributed by atoms with van der Waals surface area (Å²) in [6.45, 7) is 17.5. The van der Waals surface area contributed by atoms with Crippen LogP contribution < -0.4 is 9.80 Å². The van der Waals surface area contributed by atoms with Crippen molar-refractivity contribution in [3.8, 4) is 0 Å². The van der Waals surface area contributed by atoms with Gasteiger partial charge < -0.3 is 14.5 Å². The van der Waals surface area contributed by atoms with Crippen molar-refractivity contribution < 1.29 is 4.74 Å². The van der Waals surface area contributed by atoms with Crippen LogP contribution in [0, 0.1) is 11.3 Å². The number of hydrogen-bond donors (Lipinski definition) is 0. The van der Waals surface area contributed by atoms with Crippen molar-refractivity contribution in [2.45, 2.75) is 90.8 Å². The van der Waals surface area contributed by atoms with E-state index in [1.54, 1.807) is 5.56 Å². The molecule has 0 N–H and O–H groups in total. The van der Waals surface area contributed by atoms with Gasteiger partial charge in [0.2, 0.25) is 0 Å². The molecule has 1 aromatic carbocycles. The SMILES string of the molecule is C[C@@H]1CN(c2ccc(N3CCN(CC4CCC4)CC3)c(C3CCC(C)(C)CC3)c2)C[C@H](C)O1.Cl. The lowest BCUT2D eigenvalue weighted by atomic mass is 9.71. The van der Waals surface area contributed by atoms with Gasteiger partial charge in [0.25, 0.3) is 0 Å². The maximum Gasteiger partial charge on any atom is 0.0726 e. The zero-order valence-corrected chi connectivity index (χ0v) is 22.9. The van der Waals surface area contributed by atoms with Gasteiger partial charge in [-0.3, -0.25) is 4.90 Å². The van der Waals surface area contributed by atoms with Gasteiger partial charge >= 0.3 is 0 Å². The highest BCUT2D eigenvalue weighted by Crippen LogP contribution is 2.46. The van der Waals surface area contributed by atoms with Gasteiger partial charge in [0.05, 0.1) is 12.2 Å². The van der Waals surface area contributed by atoms with E-state index in [1.807, 2.05) is 0 Å². The monoisotopic (exact) mass is 489 g/mol. The molecule has 34 heavy (non-hydrogen) atoms. The summed E-state index contributed by atoms with van der Waals surface area (Å²) in [6, 6.07) is 7.44. The molecule has 5 heteroatoms. The molecule has 1 aromatic rings. The fraction of sp³-hybridized carbons (Fsp3) is 0.793. The quantitative estimate of drug-likeness (QED) is 0.481. The summed E-state index contributed by atoms with van der Waals surface area (Å²) in [4.78, 5) is 8.00. The van der Waals surface area contributed by atoms with Crippen LogP contribution in [-0.2, 0) is 4.74 Å². The fourth-order valence-electron chi connectivity index (χ4n) is 6.66. The second-order valence-electron chi connectivity index (χ2n) is 12.4. The number of hydrogen-bond acceptors (Lipinski definition) is 4. The normalized spacial score (nSPS) is 28.9. The number of rotatable bonds is 5. The van der Waals surface area contributed by atoms with Crippen molar-refractivity contribution in [3.05, 3.63) is 23.8 Å². The highest BCUT2D eigenvalue weighted by molar-refractivity contribution is 5.85. The second-order valence-corrected chi connectivity index (χ2v) is 12.4. The summed E-state index contributed by atoms with van der Waals surface area (Å²) in [5.41, 5.74) is 5.07. The molecule has 0 aromatic heterocycles. The molecule has 2 saturated heterocycles. The lowest BCUT2D eigenvalue weighted by Crippen LogP contribution is -2.48. The first kappa shape index (κ1) is 26.1. The van der Waals surface area contributed by atoms with Crippen LogP contribution in [0.1, 0.15) is 84.1 Å². The Bertz CT molecular complexity index is 783. The minimum Gasteiger partial charge on any atom is -0.372 e. The first-order valence-corrected chi connectivity index (χ1v) is 13.9. The van der Waals surface area contributed by atoms with Crippen LogP contribution >= 0.6 is 12.4 Å². The average Bonchev–Trinajstić information content (AvgIpc) is 2.76. The van der Waals surface area contributed by atoms with Crippen molar-refractivity contribution in [2.24, 2.45) is 11.3 Å². The minimum atomic E-state index is 0. The molecule has 0 spiro atoms. The Morgan fingerprint density at radius 1 is 0.882 bits per heavy atom. The third kappa shape index (κ3) is 6.05. The minimum absolute atomic E-state index is 0. The smallest absolute Gasteiger partial charge is 0.0726 e. The van der Waals surface area contributed by atoms with Crippen LogP contribution in [0.5, 0.6) is 0 Å². The molecular formula is C29H48ClN3O. The molecule has 2 atom stereocenters. The summed E-state index contributed by atoms with van der Waals surface area (Å²) in [7, 11) is 0. The molecule has 0 unspecified atom stereocenters. The number of morpholine rings is 1. The van der Waals surface area contributed by atoms with Crippen LogP contribution in [0.15, 0.2) is 18.2 Å². The van der Waals surface area contributed by atoms with Gasteiger partial charge in [0.1, 0.15) is 0 Å². The Labute approximate surface area is 214 Å². The summed E-state index contributed by atoms with van der Waals surface area (Å²) in [6.07, 6.45) is 10.4. The Hall–Kier alpha value is -0.970. The molecule has 4 fully saturated rings. The summed E-state index contributed by atoms with van der Waals surface area (Å²) in [5.74, 6) is 1.69. The molecule has 2 saturated carbocycles. The average molecular weight is 490 g/mol. The van der Waals surface area contributed by atoms with Gasteiger partial charge in [-0.25, -0.2) is 0 Å². The standard InChI is InChI=1S/C29H47N3O.ClH/c1-22-19-32(20-23(2)33-22)26-8-9-28(27(18-26)25-10-12-29(3,4)13-11-25)31-16-14-30(15-17-31)21-24-6-5-7-24;/h8-9,18,22-25H,5-7,10-17,19-21H2,1-4H3;1H/t22-,23+;. The van der Waals surface area contributed by atoms with E-state index in [1.165, 1.54) is 89.0 Å². The van der Waals surface area contributed by atoms with Crippen molar-refractivity contribution in [1.82, 2.24) is 4.90 Å². The van der Waals surface area contributed by atoms with Gasteiger partial charge in [-0.2, -0.15) is 0 Å². The molecule has 0 bridgehead atoms. The van der Waals surface area contributed by atoms with Gasteiger partial charge in [0, 0.05) is 57.2 Å². The molecule has 4 aliphatic rings. The molecule has 5 rings (SSSR count). The van der Waals surface area contributed by atoms with Crippen LogP contribution in [0.2, 0.25) is 0 Å². The van der Waals surface area contributed by atoms with E-state index < -0.39 is 0 Å². The van der Waals surface area contributed by atoms with Gasteiger partial charge in [-0.15, -0.1) is 12.4 Å². The molecule has 2 aliphatic heterocycles. The number of halogens is 1. The van der Waals surface area contributed by atoms with E-state index in [-0.39, 0.29) is 12.4 Å². The zero-order valence-electron chi connectivity index (χ0n) is 22.1. The van der Waals surface area contributed by atoms with E-state index in [9.17, 15) is 0 Å². The lowest BCUT2D eigenvalue weighted by Gasteiger charge is -2.42.